The molecule has 2 N–H and O–H groups in total. The molecule has 1 aliphatic heterocycles. The van der Waals surface area contributed by atoms with E-state index in [0.29, 0.717) is 24.8 Å². The topological polar surface area (TPSA) is 74.3 Å². The second kappa shape index (κ2) is 7.20. The molecule has 1 aromatic rings. The number of hydrogen-bond donors (Lipinski definition) is 2. The number of pyridine rings is 1. The fourth-order valence-electron chi connectivity index (χ4n) is 2.48. The molecule has 1 atom stereocenters. The van der Waals surface area contributed by atoms with Crippen LogP contribution in [0.5, 0.6) is 0 Å². The van der Waals surface area contributed by atoms with Gasteiger partial charge in [-0.1, -0.05) is 6.92 Å². The number of likely N-dealkylation sites (tertiary alicyclic amines) is 1. The lowest BCUT2D eigenvalue weighted by molar-refractivity contribution is 0.394. The smallest absolute Gasteiger partial charge is 0.244 e. The van der Waals surface area contributed by atoms with Gasteiger partial charge in [0.1, 0.15) is 10.7 Å². The Kier molecular flexibility index (Phi) is 5.55. The summed E-state index contributed by atoms with van der Waals surface area (Å²) in [7, 11) is -1.46. The van der Waals surface area contributed by atoms with Crippen LogP contribution in [-0.2, 0) is 10.0 Å². The lowest BCUT2D eigenvalue weighted by Gasteiger charge is -2.14. The standard InChI is InChI=1S/C14H24N4O2S/c1-3-7-15-14-13(5-4-8-16-14)21(19,20)17-10-12-6-9-18(2)11-12/h4-5,8,12,17H,3,6-7,9-11H2,1-2H3,(H,15,16). The summed E-state index contributed by atoms with van der Waals surface area (Å²) >= 11 is 0. The minimum atomic E-state index is -3.52. The van der Waals surface area contributed by atoms with Crippen molar-refractivity contribution in [3.63, 3.8) is 0 Å². The summed E-state index contributed by atoms with van der Waals surface area (Å²) in [4.78, 5) is 6.58. The predicted octanol–water partition coefficient (Wildman–Crippen LogP) is 1.13. The first-order valence-corrected chi connectivity index (χ1v) is 8.88. The molecule has 21 heavy (non-hydrogen) atoms. The molecule has 0 aliphatic carbocycles. The summed E-state index contributed by atoms with van der Waals surface area (Å²) < 4.78 is 27.6. The van der Waals surface area contributed by atoms with Gasteiger partial charge in [-0.3, -0.25) is 0 Å². The van der Waals surface area contributed by atoms with Gasteiger partial charge in [0, 0.05) is 25.8 Å². The van der Waals surface area contributed by atoms with Crippen LogP contribution in [0.4, 0.5) is 5.82 Å². The lowest BCUT2D eigenvalue weighted by atomic mass is 10.1. The van der Waals surface area contributed by atoms with E-state index >= 15 is 0 Å². The quantitative estimate of drug-likeness (QED) is 0.789. The van der Waals surface area contributed by atoms with Crippen molar-refractivity contribution < 1.29 is 8.42 Å². The molecule has 118 valence electrons. The normalized spacial score (nSPS) is 19.8. The minimum Gasteiger partial charge on any atom is -0.369 e. The highest BCUT2D eigenvalue weighted by atomic mass is 32.2. The molecule has 0 radical (unpaired) electrons. The van der Waals surface area contributed by atoms with E-state index in [2.05, 4.69) is 27.0 Å². The van der Waals surface area contributed by atoms with Crippen LogP contribution in [0.15, 0.2) is 23.2 Å². The summed E-state index contributed by atoms with van der Waals surface area (Å²) in [5.74, 6) is 0.809. The molecule has 1 fully saturated rings. The Morgan fingerprint density at radius 3 is 2.95 bits per heavy atom. The number of anilines is 1. The first kappa shape index (κ1) is 16.2. The van der Waals surface area contributed by atoms with Crippen LogP contribution in [0.25, 0.3) is 0 Å². The van der Waals surface area contributed by atoms with E-state index in [1.165, 1.54) is 0 Å². The van der Waals surface area contributed by atoms with E-state index in [1.807, 2.05) is 6.92 Å². The van der Waals surface area contributed by atoms with Crippen molar-refractivity contribution in [1.29, 1.82) is 0 Å². The maximum Gasteiger partial charge on any atom is 0.244 e. The summed E-state index contributed by atoms with van der Waals surface area (Å²) in [5, 5.41) is 3.07. The number of hydrogen-bond acceptors (Lipinski definition) is 5. The Morgan fingerprint density at radius 2 is 2.29 bits per heavy atom. The van der Waals surface area contributed by atoms with Gasteiger partial charge in [-0.05, 0) is 44.5 Å². The maximum absolute atomic E-state index is 12.4. The Balaban J connectivity index is 2.05. The largest absolute Gasteiger partial charge is 0.369 e. The Morgan fingerprint density at radius 1 is 1.48 bits per heavy atom. The molecule has 0 aromatic carbocycles. The van der Waals surface area contributed by atoms with Gasteiger partial charge in [-0.15, -0.1) is 0 Å². The predicted molar refractivity (Wildman–Crippen MR) is 83.8 cm³/mol. The zero-order valence-electron chi connectivity index (χ0n) is 12.7. The molecule has 6 nitrogen and oxygen atoms in total. The van der Waals surface area contributed by atoms with Crippen LogP contribution >= 0.6 is 0 Å². The molecule has 2 rings (SSSR count). The van der Waals surface area contributed by atoms with Crippen molar-refractivity contribution in [3.05, 3.63) is 18.3 Å². The number of sulfonamides is 1. The van der Waals surface area contributed by atoms with Crippen LogP contribution in [0, 0.1) is 5.92 Å². The fourth-order valence-corrected chi connectivity index (χ4v) is 3.73. The molecular weight excluding hydrogens is 288 g/mol. The second-order valence-corrected chi connectivity index (χ2v) is 7.28. The zero-order valence-corrected chi connectivity index (χ0v) is 13.5. The third-order valence-corrected chi connectivity index (χ3v) is 5.11. The first-order chi connectivity index (χ1) is 10.0. The van der Waals surface area contributed by atoms with Gasteiger partial charge in [0.05, 0.1) is 0 Å². The molecule has 2 heterocycles. The van der Waals surface area contributed by atoms with E-state index in [9.17, 15) is 8.42 Å². The van der Waals surface area contributed by atoms with Gasteiger partial charge in [0.2, 0.25) is 10.0 Å². The SMILES string of the molecule is CCCNc1ncccc1S(=O)(=O)NCC1CCN(C)C1. The van der Waals surface area contributed by atoms with E-state index < -0.39 is 10.0 Å². The maximum atomic E-state index is 12.4. The van der Waals surface area contributed by atoms with Crippen LogP contribution in [0.3, 0.4) is 0 Å². The van der Waals surface area contributed by atoms with Crippen LogP contribution in [0.2, 0.25) is 0 Å². The third kappa shape index (κ3) is 4.39. The minimum absolute atomic E-state index is 0.227. The molecule has 1 aromatic heterocycles. The van der Waals surface area contributed by atoms with E-state index in [0.717, 1.165) is 25.9 Å². The fraction of sp³-hybridized carbons (Fsp3) is 0.643. The van der Waals surface area contributed by atoms with Gasteiger partial charge in [-0.2, -0.15) is 0 Å². The summed E-state index contributed by atoms with van der Waals surface area (Å²) in [6, 6.07) is 3.24. The van der Waals surface area contributed by atoms with Gasteiger partial charge in [-0.25, -0.2) is 18.1 Å². The molecule has 1 unspecified atom stereocenters. The monoisotopic (exact) mass is 312 g/mol. The summed E-state index contributed by atoms with van der Waals surface area (Å²) in [5.41, 5.74) is 0. The van der Waals surface area contributed by atoms with E-state index in [4.69, 9.17) is 0 Å². The highest BCUT2D eigenvalue weighted by Crippen LogP contribution is 2.19. The van der Waals surface area contributed by atoms with Gasteiger partial charge in [0.25, 0.3) is 0 Å². The van der Waals surface area contributed by atoms with Gasteiger partial charge in [0.15, 0.2) is 0 Å². The number of nitrogens with zero attached hydrogens (tertiary/aromatic N) is 2. The molecule has 7 heteroatoms. The summed E-state index contributed by atoms with van der Waals surface area (Å²) in [6.07, 6.45) is 3.55. The van der Waals surface area contributed by atoms with Crippen molar-refractivity contribution in [2.45, 2.75) is 24.7 Å². The number of aromatic nitrogens is 1. The van der Waals surface area contributed by atoms with E-state index in [-0.39, 0.29) is 4.90 Å². The number of rotatable bonds is 7. The Hall–Kier alpha value is -1.18. The van der Waals surface area contributed by atoms with Crippen molar-refractivity contribution in [2.75, 3.05) is 38.5 Å². The van der Waals surface area contributed by atoms with Crippen molar-refractivity contribution in [3.8, 4) is 0 Å². The van der Waals surface area contributed by atoms with Gasteiger partial charge < -0.3 is 10.2 Å². The molecule has 0 saturated carbocycles. The summed E-state index contributed by atoms with van der Waals surface area (Å²) in [6.45, 7) is 5.18. The zero-order chi connectivity index (χ0) is 15.3. The molecule has 0 amide bonds. The van der Waals surface area contributed by atoms with Crippen molar-refractivity contribution >= 4 is 15.8 Å². The first-order valence-electron chi connectivity index (χ1n) is 7.40. The highest BCUT2D eigenvalue weighted by Gasteiger charge is 2.24. The molecule has 0 spiro atoms. The van der Waals surface area contributed by atoms with Crippen LogP contribution in [-0.4, -0.2) is 51.5 Å². The Labute approximate surface area is 127 Å². The average molecular weight is 312 g/mol. The molecular formula is C14H24N4O2S. The lowest BCUT2D eigenvalue weighted by Crippen LogP contribution is -2.31. The second-order valence-electron chi connectivity index (χ2n) is 5.55. The van der Waals surface area contributed by atoms with E-state index in [1.54, 1.807) is 18.3 Å². The Bertz CT molecular complexity index is 562. The van der Waals surface area contributed by atoms with Crippen molar-refractivity contribution in [2.24, 2.45) is 5.92 Å². The molecule has 0 bridgehead atoms. The third-order valence-electron chi connectivity index (χ3n) is 3.65. The average Bonchev–Trinajstić information content (AvgIpc) is 2.89. The number of nitrogens with one attached hydrogen (secondary N) is 2. The van der Waals surface area contributed by atoms with Crippen LogP contribution in [0.1, 0.15) is 19.8 Å². The van der Waals surface area contributed by atoms with Crippen LogP contribution < -0.4 is 10.0 Å². The molecule has 1 saturated heterocycles. The van der Waals surface area contributed by atoms with Gasteiger partial charge >= 0.3 is 0 Å². The molecule has 1 aliphatic rings. The highest BCUT2D eigenvalue weighted by molar-refractivity contribution is 7.89. The van der Waals surface area contributed by atoms with Crippen molar-refractivity contribution in [1.82, 2.24) is 14.6 Å².